The minimum absolute atomic E-state index is 0.851. The molecule has 0 aliphatic carbocycles. The zero-order valence-electron chi connectivity index (χ0n) is 11.7. The summed E-state index contributed by atoms with van der Waals surface area (Å²) in [6.45, 7) is 2.14. The van der Waals surface area contributed by atoms with E-state index in [9.17, 15) is 0 Å². The summed E-state index contributed by atoms with van der Waals surface area (Å²) in [4.78, 5) is 10.2. The van der Waals surface area contributed by atoms with Crippen molar-refractivity contribution < 1.29 is 0 Å². The average molecular weight is 359 g/mol. The normalized spacial score (nSPS) is 11.0. The van der Waals surface area contributed by atoms with Crippen molar-refractivity contribution in [1.82, 2.24) is 9.97 Å². The van der Waals surface area contributed by atoms with Crippen LogP contribution in [-0.4, -0.2) is 9.97 Å². The van der Waals surface area contributed by atoms with E-state index in [0.717, 1.165) is 28.3 Å². The van der Waals surface area contributed by atoms with Gasteiger partial charge in [0, 0.05) is 17.4 Å². The Bertz CT molecular complexity index is 774. The highest BCUT2D eigenvalue weighted by Gasteiger charge is 2.05. The fourth-order valence-electron chi connectivity index (χ4n) is 2.18. The van der Waals surface area contributed by atoms with Crippen LogP contribution in [0.1, 0.15) is 19.2 Å². The standard InChI is InChI=1S/C17H15BrN2S/c1-2-5-16-19-15(18)11-17(20-16)21-14-9-8-12-6-3-4-7-13(12)10-14/h3-4,6-11H,2,5H2,1H3. The third kappa shape index (κ3) is 3.63. The van der Waals surface area contributed by atoms with Crippen LogP contribution in [0.3, 0.4) is 0 Å². The molecule has 106 valence electrons. The summed E-state index contributed by atoms with van der Waals surface area (Å²) in [5.74, 6) is 0.898. The number of rotatable bonds is 4. The minimum atomic E-state index is 0.851. The van der Waals surface area contributed by atoms with Gasteiger partial charge in [-0.1, -0.05) is 49.0 Å². The first-order valence-electron chi connectivity index (χ1n) is 6.95. The van der Waals surface area contributed by atoms with E-state index in [0.29, 0.717) is 0 Å². The molecule has 1 aromatic heterocycles. The van der Waals surface area contributed by atoms with Crippen molar-refractivity contribution >= 4 is 38.5 Å². The third-order valence-electron chi connectivity index (χ3n) is 3.13. The van der Waals surface area contributed by atoms with E-state index in [1.165, 1.54) is 15.7 Å². The van der Waals surface area contributed by atoms with Crippen LogP contribution in [0.15, 0.2) is 63.1 Å². The van der Waals surface area contributed by atoms with Gasteiger partial charge < -0.3 is 0 Å². The first-order chi connectivity index (χ1) is 10.2. The van der Waals surface area contributed by atoms with Crippen LogP contribution >= 0.6 is 27.7 Å². The molecule has 0 N–H and O–H groups in total. The summed E-state index contributed by atoms with van der Waals surface area (Å²) in [5.41, 5.74) is 0. The highest BCUT2D eigenvalue weighted by molar-refractivity contribution is 9.10. The van der Waals surface area contributed by atoms with Crippen molar-refractivity contribution in [3.05, 3.63) is 59.0 Å². The lowest BCUT2D eigenvalue weighted by Gasteiger charge is -2.06. The number of aromatic nitrogens is 2. The zero-order chi connectivity index (χ0) is 14.7. The maximum atomic E-state index is 4.62. The SMILES string of the molecule is CCCc1nc(Br)cc(Sc2ccc3ccccc3c2)n1. The van der Waals surface area contributed by atoms with E-state index in [2.05, 4.69) is 75.3 Å². The Morgan fingerprint density at radius 1 is 1.00 bits per heavy atom. The zero-order valence-corrected chi connectivity index (χ0v) is 14.1. The third-order valence-corrected chi connectivity index (χ3v) is 4.45. The van der Waals surface area contributed by atoms with Crippen LogP contribution in [0.4, 0.5) is 0 Å². The predicted octanol–water partition coefficient (Wildman–Crippen LogP) is 5.50. The van der Waals surface area contributed by atoms with Gasteiger partial charge in [-0.3, -0.25) is 0 Å². The summed E-state index contributed by atoms with van der Waals surface area (Å²) in [6, 6.07) is 16.9. The van der Waals surface area contributed by atoms with Crippen molar-refractivity contribution in [3.8, 4) is 0 Å². The predicted molar refractivity (Wildman–Crippen MR) is 91.8 cm³/mol. The molecule has 0 aliphatic heterocycles. The van der Waals surface area contributed by atoms with Gasteiger partial charge in [0.25, 0.3) is 0 Å². The first-order valence-corrected chi connectivity index (χ1v) is 8.55. The molecular formula is C17H15BrN2S. The Balaban J connectivity index is 1.90. The average Bonchev–Trinajstić information content (AvgIpc) is 2.47. The lowest BCUT2D eigenvalue weighted by atomic mass is 10.1. The van der Waals surface area contributed by atoms with E-state index in [4.69, 9.17) is 0 Å². The summed E-state index contributed by atoms with van der Waals surface area (Å²) < 4.78 is 0.851. The molecule has 21 heavy (non-hydrogen) atoms. The van der Waals surface area contributed by atoms with Crippen molar-refractivity contribution in [2.45, 2.75) is 29.7 Å². The van der Waals surface area contributed by atoms with Gasteiger partial charge in [0.1, 0.15) is 15.5 Å². The van der Waals surface area contributed by atoms with Gasteiger partial charge in [-0.2, -0.15) is 0 Å². The fraction of sp³-hybridized carbons (Fsp3) is 0.176. The topological polar surface area (TPSA) is 25.8 Å². The molecule has 0 saturated heterocycles. The van der Waals surface area contributed by atoms with Gasteiger partial charge in [-0.05, 0) is 45.3 Å². The van der Waals surface area contributed by atoms with Crippen molar-refractivity contribution in [2.24, 2.45) is 0 Å². The van der Waals surface area contributed by atoms with E-state index >= 15 is 0 Å². The van der Waals surface area contributed by atoms with Crippen LogP contribution in [0.25, 0.3) is 10.8 Å². The van der Waals surface area contributed by atoms with Crippen LogP contribution in [0.5, 0.6) is 0 Å². The molecular weight excluding hydrogens is 344 g/mol. The lowest BCUT2D eigenvalue weighted by molar-refractivity contribution is 0.803. The number of nitrogens with zero attached hydrogens (tertiary/aromatic N) is 2. The van der Waals surface area contributed by atoms with E-state index in [-0.39, 0.29) is 0 Å². The molecule has 0 spiro atoms. The maximum Gasteiger partial charge on any atom is 0.130 e. The molecule has 3 aromatic rings. The molecule has 2 aromatic carbocycles. The quantitative estimate of drug-likeness (QED) is 0.576. The summed E-state index contributed by atoms with van der Waals surface area (Å²) in [5, 5.41) is 3.50. The van der Waals surface area contributed by atoms with Crippen LogP contribution < -0.4 is 0 Å². The van der Waals surface area contributed by atoms with Gasteiger partial charge in [-0.25, -0.2) is 9.97 Å². The Labute approximate surface area is 137 Å². The molecule has 0 radical (unpaired) electrons. The molecule has 0 unspecified atom stereocenters. The molecule has 0 fully saturated rings. The summed E-state index contributed by atoms with van der Waals surface area (Å²) in [7, 11) is 0. The lowest BCUT2D eigenvalue weighted by Crippen LogP contribution is -1.96. The van der Waals surface area contributed by atoms with Crippen LogP contribution in [0.2, 0.25) is 0 Å². The molecule has 0 saturated carbocycles. The first kappa shape index (κ1) is 14.5. The van der Waals surface area contributed by atoms with Gasteiger partial charge in [0.15, 0.2) is 0 Å². The van der Waals surface area contributed by atoms with Gasteiger partial charge in [0.05, 0.1) is 0 Å². The van der Waals surface area contributed by atoms with Crippen molar-refractivity contribution in [2.75, 3.05) is 0 Å². The Morgan fingerprint density at radius 3 is 2.62 bits per heavy atom. The number of benzene rings is 2. The highest BCUT2D eigenvalue weighted by Crippen LogP contribution is 2.30. The summed E-state index contributed by atoms with van der Waals surface area (Å²) in [6.07, 6.45) is 1.96. The molecule has 1 heterocycles. The van der Waals surface area contributed by atoms with Gasteiger partial charge in [0.2, 0.25) is 0 Å². The molecule has 0 bridgehead atoms. The van der Waals surface area contributed by atoms with E-state index < -0.39 is 0 Å². The van der Waals surface area contributed by atoms with Gasteiger partial charge in [-0.15, -0.1) is 0 Å². The highest BCUT2D eigenvalue weighted by atomic mass is 79.9. The maximum absolute atomic E-state index is 4.62. The van der Waals surface area contributed by atoms with E-state index in [1.54, 1.807) is 11.8 Å². The minimum Gasteiger partial charge on any atom is -0.226 e. The molecule has 2 nitrogen and oxygen atoms in total. The second kappa shape index (κ2) is 6.58. The van der Waals surface area contributed by atoms with E-state index in [1.807, 2.05) is 6.07 Å². The van der Waals surface area contributed by atoms with Crippen LogP contribution in [0, 0.1) is 0 Å². The van der Waals surface area contributed by atoms with Crippen molar-refractivity contribution in [1.29, 1.82) is 0 Å². The second-order valence-electron chi connectivity index (χ2n) is 4.81. The Kier molecular flexibility index (Phi) is 4.56. The fourth-order valence-corrected chi connectivity index (χ4v) is 3.64. The second-order valence-corrected chi connectivity index (χ2v) is 6.71. The number of hydrogen-bond donors (Lipinski definition) is 0. The Morgan fingerprint density at radius 2 is 1.81 bits per heavy atom. The van der Waals surface area contributed by atoms with Crippen molar-refractivity contribution in [3.63, 3.8) is 0 Å². The molecule has 3 rings (SSSR count). The summed E-state index contributed by atoms with van der Waals surface area (Å²) >= 11 is 5.15. The number of hydrogen-bond acceptors (Lipinski definition) is 3. The van der Waals surface area contributed by atoms with Gasteiger partial charge >= 0.3 is 0 Å². The monoisotopic (exact) mass is 358 g/mol. The molecule has 0 atom stereocenters. The van der Waals surface area contributed by atoms with Crippen LogP contribution in [-0.2, 0) is 6.42 Å². The molecule has 4 heteroatoms. The molecule has 0 aliphatic rings. The Hall–Kier alpha value is -1.39. The number of halogens is 1. The molecule has 0 amide bonds. The number of fused-ring (bicyclic) bond motifs is 1. The number of aryl methyl sites for hydroxylation is 1. The smallest absolute Gasteiger partial charge is 0.130 e. The largest absolute Gasteiger partial charge is 0.226 e.